The van der Waals surface area contributed by atoms with Gasteiger partial charge in [-0.1, -0.05) is 31.5 Å². The molecule has 0 radical (unpaired) electrons. The van der Waals surface area contributed by atoms with Crippen LogP contribution in [0.25, 0.3) is 5.69 Å². The topological polar surface area (TPSA) is 46.1 Å². The molecule has 29 heavy (non-hydrogen) atoms. The number of carboxylic acids is 1. The predicted octanol–water partition coefficient (Wildman–Crippen LogP) is 6.74. The van der Waals surface area contributed by atoms with Crippen molar-refractivity contribution in [3.8, 4) is 5.69 Å². The number of hydrogen-bond donors (Lipinski definition) is 1. The molecule has 0 aliphatic heterocycles. The number of aromatic nitrogens is 2. The number of aliphatic carboxylic acids is 1. The van der Waals surface area contributed by atoms with Crippen molar-refractivity contribution in [2.75, 3.05) is 0 Å². The van der Waals surface area contributed by atoms with Gasteiger partial charge in [-0.15, -0.1) is 0 Å². The number of carboxylic acid groups (broad SMARTS) is 1. The summed E-state index contributed by atoms with van der Waals surface area (Å²) < 4.78 is 63.0. The summed E-state index contributed by atoms with van der Waals surface area (Å²) in [4.78, 5) is 11.5. The van der Waals surface area contributed by atoms with Crippen LogP contribution in [0.5, 0.6) is 0 Å². The monoisotopic (exact) mass is 446 g/mol. The standard InChI is InChI=1S/C18H24N2O2.F6P/c1-12(2)8-16(18(21)22)19-6-7-20(11-19)17-14(4)9-13(3)10-15(17)5;1-7(2,3,4,5)6/h6-7,9-12,16H,8H2,1-5H3;/q;-1/p+1/t16-;/m0./s1. The van der Waals surface area contributed by atoms with Gasteiger partial charge in [0.25, 0.3) is 0 Å². The van der Waals surface area contributed by atoms with Crippen LogP contribution in [0, 0.1) is 26.7 Å². The fourth-order valence-corrected chi connectivity index (χ4v) is 3.06. The van der Waals surface area contributed by atoms with Gasteiger partial charge < -0.3 is 5.11 Å². The third kappa shape index (κ3) is 9.78. The summed E-state index contributed by atoms with van der Waals surface area (Å²) in [5, 5.41) is 9.47. The predicted molar refractivity (Wildman–Crippen MR) is 99.9 cm³/mol. The number of nitrogens with zero attached hydrogens (tertiary/aromatic N) is 2. The van der Waals surface area contributed by atoms with Crippen molar-refractivity contribution in [1.82, 2.24) is 4.57 Å². The fraction of sp³-hybridized carbons (Fsp3) is 0.444. The number of imidazole rings is 1. The normalized spacial score (nSPS) is 15.2. The van der Waals surface area contributed by atoms with Gasteiger partial charge >= 0.3 is 39.0 Å². The quantitative estimate of drug-likeness (QED) is 0.314. The molecule has 0 fully saturated rings. The minimum atomic E-state index is -10.7. The zero-order valence-corrected chi connectivity index (χ0v) is 17.6. The summed E-state index contributed by atoms with van der Waals surface area (Å²) in [5.41, 5.74) is 4.74. The van der Waals surface area contributed by atoms with Crippen LogP contribution < -0.4 is 4.57 Å². The van der Waals surface area contributed by atoms with E-state index in [4.69, 9.17) is 0 Å². The first kappa shape index (κ1) is 24.9. The number of halogens is 6. The molecule has 0 saturated heterocycles. The van der Waals surface area contributed by atoms with Crippen LogP contribution in [-0.2, 0) is 4.79 Å². The Morgan fingerprint density at radius 1 is 1.07 bits per heavy atom. The van der Waals surface area contributed by atoms with E-state index in [0.717, 1.165) is 5.69 Å². The third-order valence-electron chi connectivity index (χ3n) is 3.89. The molecular weight excluding hydrogens is 421 g/mol. The molecule has 1 atom stereocenters. The van der Waals surface area contributed by atoms with Gasteiger partial charge in [0.05, 0.1) is 0 Å². The molecule has 0 aliphatic carbocycles. The molecule has 11 heteroatoms. The van der Waals surface area contributed by atoms with Crippen molar-refractivity contribution in [2.45, 2.75) is 47.1 Å². The van der Waals surface area contributed by atoms with E-state index in [0.29, 0.717) is 12.3 Å². The van der Waals surface area contributed by atoms with Crippen molar-refractivity contribution in [1.29, 1.82) is 0 Å². The van der Waals surface area contributed by atoms with E-state index in [-0.39, 0.29) is 0 Å². The molecule has 1 aromatic heterocycles. The first-order chi connectivity index (χ1) is 12.7. The number of aryl methyl sites for hydroxylation is 3. The van der Waals surface area contributed by atoms with Gasteiger partial charge in [0.1, 0.15) is 18.1 Å². The van der Waals surface area contributed by atoms with Crippen molar-refractivity contribution >= 4 is 13.8 Å². The van der Waals surface area contributed by atoms with E-state index in [9.17, 15) is 35.1 Å². The summed E-state index contributed by atoms with van der Waals surface area (Å²) in [5.74, 6) is -0.450. The molecule has 4 nitrogen and oxygen atoms in total. The maximum absolute atomic E-state index is 11.5. The molecule has 166 valence electrons. The molecule has 2 rings (SSSR count). The van der Waals surface area contributed by atoms with E-state index in [1.165, 1.54) is 16.7 Å². The molecule has 0 aliphatic rings. The Morgan fingerprint density at radius 2 is 1.52 bits per heavy atom. The Labute approximate surface area is 165 Å². The van der Waals surface area contributed by atoms with Crippen molar-refractivity contribution in [3.05, 3.63) is 47.5 Å². The van der Waals surface area contributed by atoms with Crippen LogP contribution in [0.2, 0.25) is 0 Å². The van der Waals surface area contributed by atoms with Gasteiger partial charge in [-0.3, -0.25) is 0 Å². The van der Waals surface area contributed by atoms with Crippen molar-refractivity contribution in [2.24, 2.45) is 5.92 Å². The van der Waals surface area contributed by atoms with E-state index in [1.54, 1.807) is 4.57 Å². The second kappa shape index (κ2) is 7.63. The molecule has 1 N–H and O–H groups in total. The zero-order valence-electron chi connectivity index (χ0n) is 16.7. The van der Waals surface area contributed by atoms with Crippen molar-refractivity contribution in [3.63, 3.8) is 0 Å². The minimum absolute atomic E-state index is 0.333. The molecule has 0 amide bonds. The second-order valence-corrected chi connectivity index (χ2v) is 9.37. The molecule has 2 aromatic rings. The Bertz CT molecular complexity index is 857. The van der Waals surface area contributed by atoms with Crippen LogP contribution in [0.4, 0.5) is 25.2 Å². The molecule has 1 aromatic carbocycles. The molecule has 0 saturated carbocycles. The zero-order chi connectivity index (χ0) is 22.8. The van der Waals surface area contributed by atoms with Crippen LogP contribution >= 0.6 is 7.81 Å². The molecule has 0 spiro atoms. The molecule has 0 bridgehead atoms. The summed E-state index contributed by atoms with van der Waals surface area (Å²) in [7, 11) is -10.7. The fourth-order valence-electron chi connectivity index (χ4n) is 3.06. The summed E-state index contributed by atoms with van der Waals surface area (Å²) in [6, 6.07) is 3.78. The van der Waals surface area contributed by atoms with Gasteiger partial charge in [0.2, 0.25) is 6.33 Å². The second-order valence-electron chi connectivity index (χ2n) is 7.46. The average Bonchev–Trinajstić information content (AvgIpc) is 2.88. The number of hydrogen-bond acceptors (Lipinski definition) is 1. The van der Waals surface area contributed by atoms with Crippen LogP contribution in [-0.4, -0.2) is 15.6 Å². The Balaban J connectivity index is 0.000000516. The van der Waals surface area contributed by atoms with Gasteiger partial charge in [-0.2, -0.15) is 0 Å². The third-order valence-corrected chi connectivity index (χ3v) is 3.89. The first-order valence-corrected chi connectivity index (χ1v) is 10.7. The van der Waals surface area contributed by atoms with E-state index < -0.39 is 19.8 Å². The van der Waals surface area contributed by atoms with Gasteiger partial charge in [-0.05, 0) is 37.8 Å². The number of carbonyl (C=O) groups is 1. The van der Waals surface area contributed by atoms with Gasteiger partial charge in [-0.25, -0.2) is 13.9 Å². The first-order valence-electron chi connectivity index (χ1n) is 8.70. The van der Waals surface area contributed by atoms with E-state index >= 15 is 0 Å². The van der Waals surface area contributed by atoms with Crippen molar-refractivity contribution < 1.29 is 39.6 Å². The summed E-state index contributed by atoms with van der Waals surface area (Å²) >= 11 is 0. The Morgan fingerprint density at radius 3 is 1.90 bits per heavy atom. The van der Waals surface area contributed by atoms with E-state index in [1.807, 2.05) is 37.1 Å². The molecule has 1 heterocycles. The number of rotatable bonds is 5. The average molecular weight is 446 g/mol. The summed E-state index contributed by atoms with van der Waals surface area (Å²) in [6.07, 6.45) is 6.28. The van der Waals surface area contributed by atoms with Crippen LogP contribution in [0.15, 0.2) is 30.9 Å². The Kier molecular flexibility index (Phi) is 6.56. The summed E-state index contributed by atoms with van der Waals surface area (Å²) in [6.45, 7) is 10.3. The maximum atomic E-state index is 11.5. The number of benzene rings is 1. The van der Waals surface area contributed by atoms with Crippen LogP contribution in [0.1, 0.15) is 43.0 Å². The molecule has 0 unspecified atom stereocenters. The molecular formula is C18H25F6N2O2P. The Hall–Kier alpha value is -2.09. The SMILES string of the molecule is Cc1cc(C)c(-n2cc[n+]([C@@H](CC(C)C)C(=O)O)c2)c(C)c1.F[P-](F)(F)(F)(F)F. The van der Waals surface area contributed by atoms with Gasteiger partial charge in [0, 0.05) is 6.42 Å². The van der Waals surface area contributed by atoms with Gasteiger partial charge in [0.15, 0.2) is 6.04 Å². The van der Waals surface area contributed by atoms with Crippen LogP contribution in [0.3, 0.4) is 0 Å². The van der Waals surface area contributed by atoms with E-state index in [2.05, 4.69) is 32.9 Å².